The second-order valence-electron chi connectivity index (χ2n) is 3.21. The van der Waals surface area contributed by atoms with Crippen LogP contribution < -0.4 is 0 Å². The minimum absolute atomic E-state index is 0.0784. The maximum Gasteiger partial charge on any atom is 0.0692 e. The van der Waals surface area contributed by atoms with Gasteiger partial charge in [0.1, 0.15) is 0 Å². The molecule has 0 saturated heterocycles. The van der Waals surface area contributed by atoms with Crippen LogP contribution in [0.25, 0.3) is 0 Å². The van der Waals surface area contributed by atoms with Crippen molar-refractivity contribution in [2.75, 3.05) is 6.61 Å². The third-order valence-corrected chi connectivity index (χ3v) is 3.30. The second kappa shape index (κ2) is 6.06. The highest BCUT2D eigenvalue weighted by Crippen LogP contribution is 2.28. The third kappa shape index (κ3) is 3.33. The van der Waals surface area contributed by atoms with Crippen molar-refractivity contribution in [3.63, 3.8) is 0 Å². The van der Waals surface area contributed by atoms with E-state index in [0.29, 0.717) is 5.25 Å². The van der Waals surface area contributed by atoms with Crippen molar-refractivity contribution in [3.8, 4) is 0 Å². The summed E-state index contributed by atoms with van der Waals surface area (Å²) in [6, 6.07) is 7.82. The van der Waals surface area contributed by atoms with Gasteiger partial charge in [0.25, 0.3) is 0 Å². The Hall–Kier alpha value is -0.510. The molecule has 0 aromatic heterocycles. The van der Waals surface area contributed by atoms with Gasteiger partial charge in [-0.15, -0.1) is 11.8 Å². The fourth-order valence-electron chi connectivity index (χ4n) is 1.21. The van der Waals surface area contributed by atoms with Gasteiger partial charge in [0.05, 0.1) is 6.61 Å². The third-order valence-electron chi connectivity index (χ3n) is 2.01. The standard InChI is InChI=1S/C11H16O2S/c1-9(6-7-12)14-11-5-3-2-4-10(11)8-13/h2-5,9,12-13H,6-8H2,1H3. The number of hydrogen-bond acceptors (Lipinski definition) is 3. The molecule has 0 radical (unpaired) electrons. The molecule has 0 spiro atoms. The number of aliphatic hydroxyl groups is 2. The van der Waals surface area contributed by atoms with Crippen LogP contribution in [0.15, 0.2) is 29.2 Å². The quantitative estimate of drug-likeness (QED) is 0.734. The van der Waals surface area contributed by atoms with Crippen LogP contribution in [-0.2, 0) is 6.61 Å². The molecule has 1 rings (SSSR count). The SMILES string of the molecule is CC(CCO)Sc1ccccc1CO. The van der Waals surface area contributed by atoms with Crippen LogP contribution in [0.5, 0.6) is 0 Å². The maximum atomic E-state index is 9.10. The first-order valence-corrected chi connectivity index (χ1v) is 5.62. The summed E-state index contributed by atoms with van der Waals surface area (Å²) >= 11 is 1.70. The average Bonchev–Trinajstić information content (AvgIpc) is 2.19. The molecule has 0 amide bonds. The first-order valence-electron chi connectivity index (χ1n) is 4.74. The summed E-state index contributed by atoms with van der Waals surface area (Å²) in [5.74, 6) is 0. The van der Waals surface area contributed by atoms with Gasteiger partial charge in [-0.05, 0) is 18.1 Å². The largest absolute Gasteiger partial charge is 0.396 e. The molecule has 2 N–H and O–H groups in total. The van der Waals surface area contributed by atoms with Gasteiger partial charge in [0.2, 0.25) is 0 Å². The van der Waals surface area contributed by atoms with E-state index in [1.807, 2.05) is 24.3 Å². The van der Waals surface area contributed by atoms with Crippen LogP contribution in [0.3, 0.4) is 0 Å². The van der Waals surface area contributed by atoms with Crippen LogP contribution >= 0.6 is 11.8 Å². The molecule has 1 unspecified atom stereocenters. The van der Waals surface area contributed by atoms with Gasteiger partial charge in [-0.3, -0.25) is 0 Å². The van der Waals surface area contributed by atoms with Crippen LogP contribution in [0.2, 0.25) is 0 Å². The van der Waals surface area contributed by atoms with E-state index in [1.54, 1.807) is 11.8 Å². The lowest BCUT2D eigenvalue weighted by Gasteiger charge is -2.11. The highest BCUT2D eigenvalue weighted by Gasteiger charge is 2.06. The van der Waals surface area contributed by atoms with Gasteiger partial charge in [-0.1, -0.05) is 25.1 Å². The zero-order chi connectivity index (χ0) is 10.4. The molecule has 0 bridgehead atoms. The van der Waals surface area contributed by atoms with Crippen molar-refractivity contribution in [2.24, 2.45) is 0 Å². The first-order chi connectivity index (χ1) is 6.77. The molecule has 0 aliphatic carbocycles. The minimum atomic E-state index is 0.0784. The lowest BCUT2D eigenvalue weighted by Crippen LogP contribution is -2.00. The van der Waals surface area contributed by atoms with Crippen molar-refractivity contribution >= 4 is 11.8 Å². The monoisotopic (exact) mass is 212 g/mol. The van der Waals surface area contributed by atoms with Crippen molar-refractivity contribution in [1.29, 1.82) is 0 Å². The Balaban J connectivity index is 2.65. The van der Waals surface area contributed by atoms with Gasteiger partial charge in [-0.2, -0.15) is 0 Å². The number of benzene rings is 1. The lowest BCUT2D eigenvalue weighted by molar-refractivity contribution is 0.279. The number of aliphatic hydroxyl groups excluding tert-OH is 2. The first kappa shape index (κ1) is 11.6. The number of rotatable bonds is 5. The van der Waals surface area contributed by atoms with E-state index < -0.39 is 0 Å². The van der Waals surface area contributed by atoms with Gasteiger partial charge < -0.3 is 10.2 Å². The summed E-state index contributed by atoms with van der Waals surface area (Å²) in [5.41, 5.74) is 0.960. The maximum absolute atomic E-state index is 9.10. The Morgan fingerprint density at radius 3 is 2.64 bits per heavy atom. The predicted molar refractivity (Wildman–Crippen MR) is 59.4 cm³/mol. The van der Waals surface area contributed by atoms with E-state index in [-0.39, 0.29) is 13.2 Å². The molecule has 0 saturated carbocycles. The Labute approximate surface area is 89.0 Å². The van der Waals surface area contributed by atoms with E-state index >= 15 is 0 Å². The molecule has 3 heteroatoms. The fraction of sp³-hybridized carbons (Fsp3) is 0.455. The molecular formula is C11H16O2S. The summed E-state index contributed by atoms with van der Waals surface area (Å²) in [5, 5.41) is 18.3. The number of hydrogen-bond donors (Lipinski definition) is 2. The second-order valence-corrected chi connectivity index (χ2v) is 4.69. The van der Waals surface area contributed by atoms with Gasteiger partial charge in [0.15, 0.2) is 0 Å². The Morgan fingerprint density at radius 2 is 2.00 bits per heavy atom. The van der Waals surface area contributed by atoms with E-state index in [4.69, 9.17) is 10.2 Å². The highest BCUT2D eigenvalue weighted by molar-refractivity contribution is 8.00. The molecule has 14 heavy (non-hydrogen) atoms. The van der Waals surface area contributed by atoms with E-state index in [9.17, 15) is 0 Å². The van der Waals surface area contributed by atoms with Crippen LogP contribution in [0.4, 0.5) is 0 Å². The zero-order valence-electron chi connectivity index (χ0n) is 8.31. The molecule has 0 aliphatic heterocycles. The number of thioether (sulfide) groups is 1. The molecule has 1 aromatic rings. The van der Waals surface area contributed by atoms with Crippen LogP contribution in [-0.4, -0.2) is 22.1 Å². The van der Waals surface area contributed by atoms with Gasteiger partial charge >= 0.3 is 0 Å². The van der Waals surface area contributed by atoms with Crippen LogP contribution in [0, 0.1) is 0 Å². The van der Waals surface area contributed by atoms with Crippen molar-refractivity contribution in [3.05, 3.63) is 29.8 Å². The summed E-state index contributed by atoms with van der Waals surface area (Å²) in [6.45, 7) is 2.37. The molecule has 1 atom stereocenters. The van der Waals surface area contributed by atoms with Gasteiger partial charge in [0, 0.05) is 16.8 Å². The Morgan fingerprint density at radius 1 is 1.29 bits per heavy atom. The Kier molecular flexibility index (Phi) is 5.01. The van der Waals surface area contributed by atoms with Crippen molar-refractivity contribution in [2.45, 2.75) is 30.1 Å². The topological polar surface area (TPSA) is 40.5 Å². The molecule has 2 nitrogen and oxygen atoms in total. The summed E-state index contributed by atoms with van der Waals surface area (Å²) in [4.78, 5) is 1.11. The van der Waals surface area contributed by atoms with Gasteiger partial charge in [-0.25, -0.2) is 0 Å². The van der Waals surface area contributed by atoms with Crippen molar-refractivity contribution < 1.29 is 10.2 Å². The smallest absolute Gasteiger partial charge is 0.0692 e. The summed E-state index contributed by atoms with van der Waals surface area (Å²) in [7, 11) is 0. The summed E-state index contributed by atoms with van der Waals surface area (Å²) < 4.78 is 0. The molecule has 0 heterocycles. The summed E-state index contributed by atoms with van der Waals surface area (Å²) in [6.07, 6.45) is 0.782. The normalized spacial score (nSPS) is 12.8. The zero-order valence-corrected chi connectivity index (χ0v) is 9.13. The average molecular weight is 212 g/mol. The highest BCUT2D eigenvalue weighted by atomic mass is 32.2. The van der Waals surface area contributed by atoms with E-state index in [0.717, 1.165) is 16.9 Å². The van der Waals surface area contributed by atoms with Crippen molar-refractivity contribution in [1.82, 2.24) is 0 Å². The lowest BCUT2D eigenvalue weighted by atomic mass is 10.2. The Bertz CT molecular complexity index is 276. The van der Waals surface area contributed by atoms with E-state index in [2.05, 4.69) is 6.92 Å². The van der Waals surface area contributed by atoms with Crippen LogP contribution in [0.1, 0.15) is 18.9 Å². The molecular weight excluding hydrogens is 196 g/mol. The predicted octanol–water partition coefficient (Wildman–Crippen LogP) is 2.04. The van der Waals surface area contributed by atoms with E-state index in [1.165, 1.54) is 0 Å². The minimum Gasteiger partial charge on any atom is -0.396 e. The fourth-order valence-corrected chi connectivity index (χ4v) is 2.30. The molecule has 78 valence electrons. The molecule has 0 fully saturated rings. The molecule has 0 aliphatic rings. The molecule has 1 aromatic carbocycles.